The van der Waals surface area contributed by atoms with E-state index in [1.54, 1.807) is 14.0 Å². The van der Waals surface area contributed by atoms with Crippen molar-refractivity contribution in [3.05, 3.63) is 17.7 Å². The van der Waals surface area contributed by atoms with Crippen LogP contribution in [0.4, 0.5) is 0 Å². The molecular formula is C15H21NO5. The Balaban J connectivity index is 2.30. The predicted octanol–water partition coefficient (Wildman–Crippen LogP) is 1.98. The normalized spacial score (nSPS) is 14.1. The second-order valence-electron chi connectivity index (χ2n) is 4.95. The maximum atomic E-state index is 11.8. The van der Waals surface area contributed by atoms with E-state index >= 15 is 0 Å². The molecule has 6 heteroatoms. The maximum absolute atomic E-state index is 11.8. The SMILES string of the molecule is CCOC(=O)CC(c1cc(OC)c2c(c1)OCO2)N(C)C. The van der Waals surface area contributed by atoms with Gasteiger partial charge in [0.25, 0.3) is 0 Å². The highest BCUT2D eigenvalue weighted by atomic mass is 16.7. The van der Waals surface area contributed by atoms with Crippen molar-refractivity contribution in [3.63, 3.8) is 0 Å². The topological polar surface area (TPSA) is 57.2 Å². The third-order valence-corrected chi connectivity index (χ3v) is 3.35. The standard InChI is InChI=1S/C15H21NO5/c1-5-19-14(17)8-11(16(2)3)10-6-12(18-4)15-13(7-10)20-9-21-15/h6-7,11H,5,8-9H2,1-4H3. The van der Waals surface area contributed by atoms with Crippen LogP contribution >= 0.6 is 0 Å². The molecule has 1 aromatic carbocycles. The Morgan fingerprint density at radius 3 is 2.76 bits per heavy atom. The zero-order chi connectivity index (χ0) is 15.4. The van der Waals surface area contributed by atoms with Crippen LogP contribution in [0, 0.1) is 0 Å². The summed E-state index contributed by atoms with van der Waals surface area (Å²) in [4.78, 5) is 13.7. The van der Waals surface area contributed by atoms with Crippen molar-refractivity contribution in [3.8, 4) is 17.2 Å². The third-order valence-electron chi connectivity index (χ3n) is 3.35. The van der Waals surface area contributed by atoms with Gasteiger partial charge in [0.2, 0.25) is 12.5 Å². The molecule has 6 nitrogen and oxygen atoms in total. The van der Waals surface area contributed by atoms with Gasteiger partial charge >= 0.3 is 5.97 Å². The zero-order valence-corrected chi connectivity index (χ0v) is 12.8. The highest BCUT2D eigenvalue weighted by Gasteiger charge is 2.25. The lowest BCUT2D eigenvalue weighted by atomic mass is 10.0. The molecule has 1 aliphatic rings. The molecule has 1 atom stereocenters. The summed E-state index contributed by atoms with van der Waals surface area (Å²) in [7, 11) is 5.42. The van der Waals surface area contributed by atoms with Crippen molar-refractivity contribution in [1.29, 1.82) is 0 Å². The summed E-state index contributed by atoms with van der Waals surface area (Å²) in [6.45, 7) is 2.36. The molecule has 0 saturated heterocycles. The van der Waals surface area contributed by atoms with E-state index in [0.29, 0.717) is 23.9 Å². The average Bonchev–Trinajstić information content (AvgIpc) is 2.92. The van der Waals surface area contributed by atoms with Crippen LogP contribution in [-0.4, -0.2) is 45.5 Å². The number of carbonyl (C=O) groups is 1. The van der Waals surface area contributed by atoms with E-state index in [0.717, 1.165) is 5.56 Å². The number of hydrogen-bond donors (Lipinski definition) is 0. The minimum Gasteiger partial charge on any atom is -0.493 e. The van der Waals surface area contributed by atoms with E-state index in [-0.39, 0.29) is 25.2 Å². The number of carbonyl (C=O) groups excluding carboxylic acids is 1. The highest BCUT2D eigenvalue weighted by Crippen LogP contribution is 2.43. The zero-order valence-electron chi connectivity index (χ0n) is 12.8. The summed E-state index contributed by atoms with van der Waals surface area (Å²) in [5.74, 6) is 1.62. The molecule has 0 N–H and O–H groups in total. The van der Waals surface area contributed by atoms with Crippen LogP contribution in [0.25, 0.3) is 0 Å². The van der Waals surface area contributed by atoms with Crippen LogP contribution in [0.1, 0.15) is 24.9 Å². The van der Waals surface area contributed by atoms with Gasteiger partial charge in [-0.05, 0) is 38.7 Å². The lowest BCUT2D eigenvalue weighted by Gasteiger charge is -2.24. The Bertz CT molecular complexity index is 515. The fraction of sp³-hybridized carbons (Fsp3) is 0.533. The van der Waals surface area contributed by atoms with Crippen molar-refractivity contribution in [2.45, 2.75) is 19.4 Å². The summed E-state index contributed by atoms with van der Waals surface area (Å²) in [6.07, 6.45) is 0.267. The van der Waals surface area contributed by atoms with Gasteiger partial charge < -0.3 is 23.8 Å². The first kappa shape index (κ1) is 15.4. The second kappa shape index (κ2) is 6.67. The number of nitrogens with zero attached hydrogens (tertiary/aromatic N) is 1. The number of methoxy groups -OCH3 is 1. The van der Waals surface area contributed by atoms with Crippen LogP contribution in [0.2, 0.25) is 0 Å². The number of esters is 1. The monoisotopic (exact) mass is 295 g/mol. The van der Waals surface area contributed by atoms with Gasteiger partial charge in [-0.1, -0.05) is 0 Å². The smallest absolute Gasteiger partial charge is 0.307 e. The van der Waals surface area contributed by atoms with Gasteiger partial charge in [0.05, 0.1) is 20.1 Å². The molecule has 2 rings (SSSR count). The quantitative estimate of drug-likeness (QED) is 0.748. The Morgan fingerprint density at radius 1 is 1.38 bits per heavy atom. The summed E-state index contributed by atoms with van der Waals surface area (Å²) >= 11 is 0. The number of benzene rings is 1. The molecule has 0 saturated carbocycles. The van der Waals surface area contributed by atoms with Gasteiger partial charge in [0, 0.05) is 6.04 Å². The molecule has 0 aromatic heterocycles. The summed E-state index contributed by atoms with van der Waals surface area (Å²) in [6, 6.07) is 3.64. The van der Waals surface area contributed by atoms with E-state index < -0.39 is 0 Å². The fourth-order valence-corrected chi connectivity index (χ4v) is 2.32. The summed E-state index contributed by atoms with van der Waals surface area (Å²) in [5, 5.41) is 0. The van der Waals surface area contributed by atoms with Crippen molar-refractivity contribution in [2.75, 3.05) is 34.6 Å². The Hall–Kier alpha value is -1.95. The molecule has 1 unspecified atom stereocenters. The minimum absolute atomic E-state index is 0.118. The number of rotatable bonds is 6. The van der Waals surface area contributed by atoms with Crippen molar-refractivity contribution in [2.24, 2.45) is 0 Å². The number of ether oxygens (including phenoxy) is 4. The number of hydrogen-bond acceptors (Lipinski definition) is 6. The molecule has 0 radical (unpaired) electrons. The lowest BCUT2D eigenvalue weighted by Crippen LogP contribution is -2.23. The van der Waals surface area contributed by atoms with Crippen LogP contribution in [0.5, 0.6) is 17.2 Å². The Kier molecular flexibility index (Phi) is 4.90. The lowest BCUT2D eigenvalue weighted by molar-refractivity contribution is -0.144. The largest absolute Gasteiger partial charge is 0.493 e. The van der Waals surface area contributed by atoms with Gasteiger partial charge in [0.15, 0.2) is 11.5 Å². The summed E-state index contributed by atoms with van der Waals surface area (Å²) < 4.78 is 21.2. The first-order valence-corrected chi connectivity index (χ1v) is 6.86. The highest BCUT2D eigenvalue weighted by molar-refractivity contribution is 5.70. The molecule has 1 heterocycles. The average molecular weight is 295 g/mol. The van der Waals surface area contributed by atoms with Crippen molar-refractivity contribution in [1.82, 2.24) is 4.90 Å². The van der Waals surface area contributed by atoms with Gasteiger partial charge in [-0.3, -0.25) is 4.79 Å². The van der Waals surface area contributed by atoms with Gasteiger partial charge in [0.1, 0.15) is 0 Å². The third kappa shape index (κ3) is 3.39. The van der Waals surface area contributed by atoms with Gasteiger partial charge in [-0.2, -0.15) is 0 Å². The molecule has 116 valence electrons. The molecule has 0 aliphatic carbocycles. The summed E-state index contributed by atoms with van der Waals surface area (Å²) in [5.41, 5.74) is 0.925. The molecule has 21 heavy (non-hydrogen) atoms. The van der Waals surface area contributed by atoms with E-state index in [9.17, 15) is 4.79 Å². The van der Waals surface area contributed by atoms with E-state index in [4.69, 9.17) is 18.9 Å². The molecular weight excluding hydrogens is 274 g/mol. The Labute approximate surface area is 124 Å². The van der Waals surface area contributed by atoms with Crippen molar-refractivity contribution < 1.29 is 23.7 Å². The van der Waals surface area contributed by atoms with Crippen LogP contribution in [0.3, 0.4) is 0 Å². The fourth-order valence-electron chi connectivity index (χ4n) is 2.32. The molecule has 1 aliphatic heterocycles. The first-order chi connectivity index (χ1) is 10.1. The van der Waals surface area contributed by atoms with Gasteiger partial charge in [-0.15, -0.1) is 0 Å². The minimum atomic E-state index is -0.229. The molecule has 1 aromatic rings. The molecule has 0 bridgehead atoms. The van der Waals surface area contributed by atoms with Crippen LogP contribution in [0.15, 0.2) is 12.1 Å². The second-order valence-corrected chi connectivity index (χ2v) is 4.95. The molecule has 0 spiro atoms. The van der Waals surface area contributed by atoms with E-state index in [1.807, 2.05) is 31.1 Å². The molecule has 0 amide bonds. The predicted molar refractivity (Wildman–Crippen MR) is 76.8 cm³/mol. The van der Waals surface area contributed by atoms with Crippen LogP contribution < -0.4 is 14.2 Å². The van der Waals surface area contributed by atoms with Crippen LogP contribution in [-0.2, 0) is 9.53 Å². The first-order valence-electron chi connectivity index (χ1n) is 6.86. The number of fused-ring (bicyclic) bond motifs is 1. The molecule has 0 fully saturated rings. The van der Waals surface area contributed by atoms with Crippen molar-refractivity contribution >= 4 is 5.97 Å². The maximum Gasteiger partial charge on any atom is 0.307 e. The van der Waals surface area contributed by atoms with Gasteiger partial charge in [-0.25, -0.2) is 0 Å². The Morgan fingerprint density at radius 2 is 2.14 bits per heavy atom. The van der Waals surface area contributed by atoms with E-state index in [1.165, 1.54) is 0 Å². The van der Waals surface area contributed by atoms with E-state index in [2.05, 4.69) is 0 Å².